The molecule has 5 heteroatoms. The van der Waals surface area contributed by atoms with E-state index in [1.165, 1.54) is 6.42 Å². The standard InChI is InChI=1S/C21H33FN4/c1-21(2)10-13-26(16-21)20(23-3)24-14-17-8-11-25(12-9-17)15-18-6-4-5-7-19(18)22/h4-7,17H,8-16H2,1-3H3,(H,23,24). The van der Waals surface area contributed by atoms with Crippen molar-refractivity contribution >= 4 is 5.96 Å². The number of benzene rings is 1. The van der Waals surface area contributed by atoms with Gasteiger partial charge in [-0.3, -0.25) is 9.89 Å². The molecule has 0 unspecified atom stereocenters. The zero-order valence-corrected chi connectivity index (χ0v) is 16.5. The molecule has 2 aliphatic rings. The molecule has 0 bridgehead atoms. The monoisotopic (exact) mass is 360 g/mol. The third-order valence-electron chi connectivity index (χ3n) is 5.80. The van der Waals surface area contributed by atoms with Gasteiger partial charge in [-0.2, -0.15) is 0 Å². The highest BCUT2D eigenvalue weighted by Crippen LogP contribution is 2.28. The van der Waals surface area contributed by atoms with Gasteiger partial charge < -0.3 is 10.2 Å². The zero-order valence-electron chi connectivity index (χ0n) is 16.5. The quantitative estimate of drug-likeness (QED) is 0.660. The van der Waals surface area contributed by atoms with Crippen LogP contribution in [0, 0.1) is 17.2 Å². The summed E-state index contributed by atoms with van der Waals surface area (Å²) in [6.07, 6.45) is 3.54. The first-order valence-electron chi connectivity index (χ1n) is 9.88. The number of aliphatic imine (C=N–C) groups is 1. The Bertz CT molecular complexity index is 620. The summed E-state index contributed by atoms with van der Waals surface area (Å²) in [5, 5.41) is 3.59. The number of nitrogens with zero attached hydrogens (tertiary/aromatic N) is 3. The van der Waals surface area contributed by atoms with E-state index in [2.05, 4.69) is 34.0 Å². The second-order valence-electron chi connectivity index (χ2n) is 8.57. The molecule has 0 atom stereocenters. The molecule has 26 heavy (non-hydrogen) atoms. The van der Waals surface area contributed by atoms with Gasteiger partial charge in [-0.05, 0) is 49.8 Å². The van der Waals surface area contributed by atoms with Gasteiger partial charge in [0.25, 0.3) is 0 Å². The van der Waals surface area contributed by atoms with Crippen molar-refractivity contribution in [2.24, 2.45) is 16.3 Å². The van der Waals surface area contributed by atoms with Crippen LogP contribution in [0.5, 0.6) is 0 Å². The molecule has 0 aliphatic carbocycles. The number of rotatable bonds is 4. The number of hydrogen-bond donors (Lipinski definition) is 1. The number of halogens is 1. The first-order valence-corrected chi connectivity index (χ1v) is 9.88. The average molecular weight is 361 g/mol. The lowest BCUT2D eigenvalue weighted by Crippen LogP contribution is -2.44. The summed E-state index contributed by atoms with van der Waals surface area (Å²) in [6.45, 7) is 10.6. The van der Waals surface area contributed by atoms with Crippen LogP contribution < -0.4 is 5.32 Å². The maximum atomic E-state index is 13.8. The minimum atomic E-state index is -0.0892. The van der Waals surface area contributed by atoms with E-state index >= 15 is 0 Å². The number of likely N-dealkylation sites (tertiary alicyclic amines) is 2. The minimum Gasteiger partial charge on any atom is -0.356 e. The SMILES string of the molecule is CN=C(NCC1CCN(Cc2ccccc2F)CC1)N1CCC(C)(C)C1. The molecule has 3 rings (SSSR count). The molecule has 4 nitrogen and oxygen atoms in total. The van der Waals surface area contributed by atoms with E-state index in [0.29, 0.717) is 11.3 Å². The Morgan fingerprint density at radius 2 is 1.96 bits per heavy atom. The van der Waals surface area contributed by atoms with E-state index < -0.39 is 0 Å². The van der Waals surface area contributed by atoms with Crippen LogP contribution in [0.3, 0.4) is 0 Å². The Balaban J connectivity index is 1.42. The summed E-state index contributed by atoms with van der Waals surface area (Å²) in [6, 6.07) is 7.12. The molecule has 0 amide bonds. The second-order valence-corrected chi connectivity index (χ2v) is 8.57. The Kier molecular flexibility index (Phi) is 6.17. The summed E-state index contributed by atoms with van der Waals surface area (Å²) < 4.78 is 13.8. The van der Waals surface area contributed by atoms with Crippen molar-refractivity contribution in [3.8, 4) is 0 Å². The molecule has 2 fully saturated rings. The van der Waals surface area contributed by atoms with Crippen molar-refractivity contribution < 1.29 is 4.39 Å². The first-order chi connectivity index (χ1) is 12.5. The lowest BCUT2D eigenvalue weighted by Gasteiger charge is -2.33. The predicted octanol–water partition coefficient (Wildman–Crippen LogP) is 3.35. The van der Waals surface area contributed by atoms with Gasteiger partial charge in [-0.1, -0.05) is 32.0 Å². The van der Waals surface area contributed by atoms with Gasteiger partial charge in [0.05, 0.1) is 0 Å². The Morgan fingerprint density at radius 1 is 1.23 bits per heavy atom. The minimum absolute atomic E-state index is 0.0892. The maximum absolute atomic E-state index is 13.8. The van der Waals surface area contributed by atoms with Crippen LogP contribution in [0.4, 0.5) is 4.39 Å². The van der Waals surface area contributed by atoms with Crippen LogP contribution >= 0.6 is 0 Å². The van der Waals surface area contributed by atoms with Gasteiger partial charge in [-0.15, -0.1) is 0 Å². The number of nitrogens with one attached hydrogen (secondary N) is 1. The average Bonchev–Trinajstić information content (AvgIpc) is 2.99. The third kappa shape index (κ3) is 4.97. The van der Waals surface area contributed by atoms with Crippen molar-refractivity contribution in [3.05, 3.63) is 35.6 Å². The highest BCUT2D eigenvalue weighted by Gasteiger charge is 2.31. The van der Waals surface area contributed by atoms with Gasteiger partial charge in [-0.25, -0.2) is 4.39 Å². The maximum Gasteiger partial charge on any atom is 0.193 e. The Labute approximate surface area is 157 Å². The Morgan fingerprint density at radius 3 is 2.58 bits per heavy atom. The number of piperidine rings is 1. The summed E-state index contributed by atoms with van der Waals surface area (Å²) in [5.41, 5.74) is 1.19. The Hall–Kier alpha value is -1.62. The topological polar surface area (TPSA) is 30.9 Å². The molecule has 0 saturated carbocycles. The van der Waals surface area contributed by atoms with Crippen molar-refractivity contribution in [1.29, 1.82) is 0 Å². The van der Waals surface area contributed by atoms with E-state index in [1.54, 1.807) is 12.1 Å². The van der Waals surface area contributed by atoms with E-state index in [9.17, 15) is 4.39 Å². The highest BCUT2D eigenvalue weighted by atomic mass is 19.1. The summed E-state index contributed by atoms with van der Waals surface area (Å²) in [4.78, 5) is 9.23. The molecule has 2 aliphatic heterocycles. The van der Waals surface area contributed by atoms with Crippen molar-refractivity contribution in [2.45, 2.75) is 39.7 Å². The van der Waals surface area contributed by atoms with Crippen molar-refractivity contribution in [1.82, 2.24) is 15.1 Å². The van der Waals surface area contributed by atoms with E-state index in [0.717, 1.165) is 63.6 Å². The normalized spacial score (nSPS) is 22.0. The zero-order chi connectivity index (χ0) is 18.6. The molecule has 144 valence electrons. The molecule has 1 N–H and O–H groups in total. The summed E-state index contributed by atoms with van der Waals surface area (Å²) >= 11 is 0. The molecule has 2 heterocycles. The fourth-order valence-electron chi connectivity index (χ4n) is 4.08. The lowest BCUT2D eigenvalue weighted by molar-refractivity contribution is 0.176. The van der Waals surface area contributed by atoms with Crippen LogP contribution in [0.15, 0.2) is 29.3 Å². The van der Waals surface area contributed by atoms with Crippen LogP contribution in [0.2, 0.25) is 0 Å². The molecule has 1 aromatic carbocycles. The van der Waals surface area contributed by atoms with Crippen molar-refractivity contribution in [3.63, 3.8) is 0 Å². The molecule has 0 aromatic heterocycles. The molecular formula is C21H33FN4. The van der Waals surface area contributed by atoms with Crippen LogP contribution in [0.25, 0.3) is 0 Å². The van der Waals surface area contributed by atoms with Crippen LogP contribution in [-0.2, 0) is 6.54 Å². The van der Waals surface area contributed by atoms with Gasteiger partial charge in [0, 0.05) is 38.8 Å². The summed E-state index contributed by atoms with van der Waals surface area (Å²) in [7, 11) is 1.88. The predicted molar refractivity (Wildman–Crippen MR) is 106 cm³/mol. The molecule has 1 aromatic rings. The van der Waals surface area contributed by atoms with Gasteiger partial charge in [0.15, 0.2) is 5.96 Å². The fraction of sp³-hybridized carbons (Fsp3) is 0.667. The molecule has 0 spiro atoms. The summed E-state index contributed by atoms with van der Waals surface area (Å²) in [5.74, 6) is 1.62. The van der Waals surface area contributed by atoms with E-state index in [4.69, 9.17) is 0 Å². The van der Waals surface area contributed by atoms with Gasteiger partial charge in [0.2, 0.25) is 0 Å². The van der Waals surface area contributed by atoms with E-state index in [-0.39, 0.29) is 5.82 Å². The first kappa shape index (κ1) is 19.2. The molecule has 2 saturated heterocycles. The van der Waals surface area contributed by atoms with Crippen molar-refractivity contribution in [2.75, 3.05) is 39.8 Å². The second kappa shape index (κ2) is 8.38. The van der Waals surface area contributed by atoms with Crippen LogP contribution in [0.1, 0.15) is 38.7 Å². The van der Waals surface area contributed by atoms with Gasteiger partial charge in [0.1, 0.15) is 5.82 Å². The number of hydrogen-bond acceptors (Lipinski definition) is 2. The molecular weight excluding hydrogens is 327 g/mol. The highest BCUT2D eigenvalue weighted by molar-refractivity contribution is 5.80. The van der Waals surface area contributed by atoms with Gasteiger partial charge >= 0.3 is 0 Å². The smallest absolute Gasteiger partial charge is 0.193 e. The van der Waals surface area contributed by atoms with Crippen LogP contribution in [-0.4, -0.2) is 55.5 Å². The van der Waals surface area contributed by atoms with E-state index in [1.807, 2.05) is 19.2 Å². The molecule has 0 radical (unpaired) electrons. The largest absolute Gasteiger partial charge is 0.356 e. The third-order valence-corrected chi connectivity index (χ3v) is 5.80. The lowest BCUT2D eigenvalue weighted by atomic mass is 9.93. The number of guanidine groups is 1. The fourth-order valence-corrected chi connectivity index (χ4v) is 4.08.